The molecule has 0 aliphatic rings. The molecule has 0 bridgehead atoms. The third-order valence-electron chi connectivity index (χ3n) is 1.35. The monoisotopic (exact) mass is 188 g/mol. The van der Waals surface area contributed by atoms with Crippen LogP contribution in [-0.2, 0) is 0 Å². The van der Waals surface area contributed by atoms with Crippen LogP contribution in [0.25, 0.3) is 0 Å². The molecule has 1 N–H and O–H groups in total. The van der Waals surface area contributed by atoms with Gasteiger partial charge in [-0.2, -0.15) is 0 Å². The molecular formula is C8H6ClFO2. The summed E-state index contributed by atoms with van der Waals surface area (Å²) in [5.74, 6) is -0.952. The largest absolute Gasteiger partial charge is 0.358 e. The van der Waals surface area contributed by atoms with Gasteiger partial charge in [0, 0.05) is 10.6 Å². The number of rotatable bonds is 2. The maximum Gasteiger partial charge on any atom is 0.260 e. The van der Waals surface area contributed by atoms with Gasteiger partial charge in [-0.1, -0.05) is 11.6 Å². The van der Waals surface area contributed by atoms with Crippen LogP contribution in [0.1, 0.15) is 10.4 Å². The Morgan fingerprint density at radius 2 is 1.92 bits per heavy atom. The fourth-order valence-electron chi connectivity index (χ4n) is 0.752. The summed E-state index contributed by atoms with van der Waals surface area (Å²) in [5.41, 5.74) is 0.106. The molecule has 64 valence electrons. The first-order valence-electron chi connectivity index (χ1n) is 3.23. The van der Waals surface area contributed by atoms with Crippen molar-refractivity contribution in [2.24, 2.45) is 0 Å². The molecule has 1 aromatic carbocycles. The second kappa shape index (κ2) is 3.65. The molecule has 0 spiro atoms. The first kappa shape index (κ1) is 9.16. The predicted molar refractivity (Wildman–Crippen MR) is 42.9 cm³/mol. The second-order valence-corrected chi connectivity index (χ2v) is 2.64. The summed E-state index contributed by atoms with van der Waals surface area (Å²) in [6, 6.07) is 5.62. The van der Waals surface area contributed by atoms with Gasteiger partial charge in [0.25, 0.3) is 6.36 Å². The van der Waals surface area contributed by atoms with E-state index in [9.17, 15) is 9.18 Å². The Hall–Kier alpha value is -0.930. The molecule has 1 rings (SSSR count). The third kappa shape index (κ3) is 2.03. The van der Waals surface area contributed by atoms with Crippen molar-refractivity contribution in [1.82, 2.24) is 0 Å². The zero-order chi connectivity index (χ0) is 9.14. The average Bonchev–Trinajstić information content (AvgIpc) is 2.04. The Morgan fingerprint density at radius 1 is 1.42 bits per heavy atom. The molecule has 0 saturated heterocycles. The zero-order valence-electron chi connectivity index (χ0n) is 6.00. The van der Waals surface area contributed by atoms with Crippen LogP contribution in [0.4, 0.5) is 4.39 Å². The summed E-state index contributed by atoms with van der Waals surface area (Å²) >= 11 is 5.53. The van der Waals surface area contributed by atoms with Gasteiger partial charge in [-0.15, -0.1) is 0 Å². The topological polar surface area (TPSA) is 37.3 Å². The molecule has 0 aliphatic carbocycles. The Kier molecular flexibility index (Phi) is 2.78. The second-order valence-electron chi connectivity index (χ2n) is 2.21. The highest BCUT2D eigenvalue weighted by atomic mass is 35.5. The predicted octanol–water partition coefficient (Wildman–Crippen LogP) is 1.81. The molecule has 1 atom stereocenters. The van der Waals surface area contributed by atoms with Crippen molar-refractivity contribution in [3.8, 4) is 0 Å². The van der Waals surface area contributed by atoms with Gasteiger partial charge < -0.3 is 5.11 Å². The Morgan fingerprint density at radius 3 is 2.33 bits per heavy atom. The van der Waals surface area contributed by atoms with Gasteiger partial charge in [-0.25, -0.2) is 4.39 Å². The highest BCUT2D eigenvalue weighted by molar-refractivity contribution is 6.30. The van der Waals surface area contributed by atoms with Crippen LogP contribution in [0.2, 0.25) is 5.02 Å². The van der Waals surface area contributed by atoms with Gasteiger partial charge in [0.15, 0.2) is 0 Å². The van der Waals surface area contributed by atoms with E-state index in [1.54, 1.807) is 0 Å². The number of Topliss-reactive ketones (excluding diaryl/α,β-unsaturated/α-hetero) is 1. The van der Waals surface area contributed by atoms with Crippen molar-refractivity contribution < 1.29 is 14.3 Å². The van der Waals surface area contributed by atoms with E-state index in [2.05, 4.69) is 0 Å². The van der Waals surface area contributed by atoms with Crippen LogP contribution in [0, 0.1) is 0 Å². The van der Waals surface area contributed by atoms with Gasteiger partial charge >= 0.3 is 0 Å². The molecule has 0 saturated carbocycles. The maximum absolute atomic E-state index is 12.1. The summed E-state index contributed by atoms with van der Waals surface area (Å²) in [7, 11) is 0. The van der Waals surface area contributed by atoms with Crippen molar-refractivity contribution in [3.63, 3.8) is 0 Å². The van der Waals surface area contributed by atoms with Crippen molar-refractivity contribution in [1.29, 1.82) is 0 Å². The lowest BCUT2D eigenvalue weighted by atomic mass is 10.1. The van der Waals surface area contributed by atoms with Gasteiger partial charge in [0.1, 0.15) is 0 Å². The number of carbonyl (C=O) groups excluding carboxylic acids is 1. The van der Waals surface area contributed by atoms with Crippen LogP contribution in [0.5, 0.6) is 0 Å². The summed E-state index contributed by atoms with van der Waals surface area (Å²) < 4.78 is 12.1. The molecule has 12 heavy (non-hydrogen) atoms. The lowest BCUT2D eigenvalue weighted by molar-refractivity contribution is 0.0332. The quantitative estimate of drug-likeness (QED) is 0.719. The molecule has 0 fully saturated rings. The molecule has 1 aromatic rings. The molecule has 0 amide bonds. The van der Waals surface area contributed by atoms with Crippen molar-refractivity contribution in [3.05, 3.63) is 34.9 Å². The van der Waals surface area contributed by atoms with E-state index in [4.69, 9.17) is 16.7 Å². The van der Waals surface area contributed by atoms with Gasteiger partial charge in [-0.3, -0.25) is 4.79 Å². The minimum Gasteiger partial charge on any atom is -0.358 e. The minimum absolute atomic E-state index is 0.106. The number of carbonyl (C=O) groups is 1. The van der Waals surface area contributed by atoms with Crippen molar-refractivity contribution in [2.75, 3.05) is 0 Å². The van der Waals surface area contributed by atoms with E-state index in [1.165, 1.54) is 24.3 Å². The number of aliphatic hydroxyl groups excluding tert-OH is 1. The van der Waals surface area contributed by atoms with E-state index < -0.39 is 12.1 Å². The summed E-state index contributed by atoms with van der Waals surface area (Å²) in [4.78, 5) is 10.8. The summed E-state index contributed by atoms with van der Waals surface area (Å²) in [5, 5.41) is 8.75. The number of halogens is 2. The lowest BCUT2D eigenvalue weighted by Crippen LogP contribution is -2.14. The van der Waals surface area contributed by atoms with Crippen LogP contribution in [0.3, 0.4) is 0 Å². The Labute approximate surface area is 73.6 Å². The number of aliphatic hydroxyl groups is 1. The molecule has 0 aromatic heterocycles. The van der Waals surface area contributed by atoms with Crippen molar-refractivity contribution in [2.45, 2.75) is 6.36 Å². The number of ketones is 1. The minimum atomic E-state index is -2.45. The molecule has 1 unspecified atom stereocenters. The SMILES string of the molecule is O=C(c1ccc(Cl)cc1)C(O)F. The molecule has 0 heterocycles. The smallest absolute Gasteiger partial charge is 0.260 e. The van der Waals surface area contributed by atoms with Gasteiger partial charge in [-0.05, 0) is 24.3 Å². The van der Waals surface area contributed by atoms with Crippen LogP contribution in [0.15, 0.2) is 24.3 Å². The number of hydrogen-bond donors (Lipinski definition) is 1. The fraction of sp³-hybridized carbons (Fsp3) is 0.125. The zero-order valence-corrected chi connectivity index (χ0v) is 6.75. The molecular weight excluding hydrogens is 183 g/mol. The first-order valence-corrected chi connectivity index (χ1v) is 3.61. The van der Waals surface area contributed by atoms with Gasteiger partial charge in [0.2, 0.25) is 5.78 Å². The Bertz CT molecular complexity index is 282. The first-order chi connectivity index (χ1) is 5.61. The summed E-state index contributed by atoms with van der Waals surface area (Å²) in [6.07, 6.45) is -2.45. The molecule has 4 heteroatoms. The van der Waals surface area contributed by atoms with Crippen molar-refractivity contribution >= 4 is 17.4 Å². The highest BCUT2D eigenvalue weighted by Crippen LogP contribution is 2.11. The highest BCUT2D eigenvalue weighted by Gasteiger charge is 2.14. The third-order valence-corrected chi connectivity index (χ3v) is 1.60. The van der Waals surface area contributed by atoms with Crippen LogP contribution >= 0.6 is 11.6 Å². The van der Waals surface area contributed by atoms with Gasteiger partial charge in [0.05, 0.1) is 0 Å². The van der Waals surface area contributed by atoms with E-state index in [0.717, 1.165) is 0 Å². The summed E-state index contributed by atoms with van der Waals surface area (Å²) in [6.45, 7) is 0. The normalized spacial score (nSPS) is 12.6. The van der Waals surface area contributed by atoms with E-state index in [-0.39, 0.29) is 5.56 Å². The maximum atomic E-state index is 12.1. The molecule has 0 radical (unpaired) electrons. The van der Waals surface area contributed by atoms with E-state index in [1.807, 2.05) is 0 Å². The van der Waals surface area contributed by atoms with E-state index >= 15 is 0 Å². The van der Waals surface area contributed by atoms with Crippen LogP contribution in [-0.4, -0.2) is 17.2 Å². The molecule has 0 aliphatic heterocycles. The number of benzene rings is 1. The van der Waals surface area contributed by atoms with Crippen LogP contribution < -0.4 is 0 Å². The number of alkyl halides is 1. The number of hydrogen-bond acceptors (Lipinski definition) is 2. The fourth-order valence-corrected chi connectivity index (χ4v) is 0.878. The molecule has 2 nitrogen and oxygen atoms in total. The standard InChI is InChI=1S/C8H6ClFO2/c9-6-3-1-5(2-4-6)7(11)8(10)12/h1-4,8,12H. The lowest BCUT2D eigenvalue weighted by Gasteiger charge is -1.99. The van der Waals surface area contributed by atoms with E-state index in [0.29, 0.717) is 5.02 Å². The Balaban J connectivity index is 2.90. The average molecular weight is 189 g/mol.